The van der Waals surface area contributed by atoms with Gasteiger partial charge in [0.2, 0.25) is 0 Å². The second-order valence-corrected chi connectivity index (χ2v) is 8.43. The molecule has 0 saturated carbocycles. The van der Waals surface area contributed by atoms with E-state index in [1.165, 1.54) is 16.3 Å². The number of hydrogen-bond acceptors (Lipinski definition) is 3. The highest BCUT2D eigenvalue weighted by molar-refractivity contribution is 5.91. The third-order valence-electron chi connectivity index (χ3n) is 5.33. The molecule has 2 aromatic carbocycles. The molecule has 3 aromatic heterocycles. The molecule has 0 aliphatic heterocycles. The number of aromatic nitrogens is 2. The average Bonchev–Trinajstić information content (AvgIpc) is 3.20. The fraction of sp³-hybridized carbons (Fsp3) is 0.154. The first-order valence-electron chi connectivity index (χ1n) is 9.83. The summed E-state index contributed by atoms with van der Waals surface area (Å²) in [4.78, 5) is 9.40. The van der Waals surface area contributed by atoms with Crippen LogP contribution in [0.4, 0.5) is 0 Å². The molecular formula is C26H22N2O. The van der Waals surface area contributed by atoms with E-state index in [2.05, 4.69) is 68.2 Å². The molecule has 0 aliphatic rings. The quantitative estimate of drug-likeness (QED) is 0.332. The molecule has 142 valence electrons. The molecule has 0 spiro atoms. The van der Waals surface area contributed by atoms with E-state index in [-0.39, 0.29) is 5.41 Å². The van der Waals surface area contributed by atoms with Crippen molar-refractivity contribution in [3.8, 4) is 22.5 Å². The lowest BCUT2D eigenvalue weighted by Gasteiger charge is -2.22. The highest BCUT2D eigenvalue weighted by Gasteiger charge is 2.18. The largest absolute Gasteiger partial charge is 0.463 e. The van der Waals surface area contributed by atoms with Crippen LogP contribution in [0.2, 0.25) is 0 Å². The van der Waals surface area contributed by atoms with Gasteiger partial charge in [-0.2, -0.15) is 0 Å². The van der Waals surface area contributed by atoms with E-state index in [1.807, 2.05) is 30.5 Å². The Morgan fingerprint density at radius 1 is 0.793 bits per heavy atom. The zero-order valence-electron chi connectivity index (χ0n) is 16.8. The van der Waals surface area contributed by atoms with E-state index in [9.17, 15) is 0 Å². The minimum absolute atomic E-state index is 0.0428. The smallest absolute Gasteiger partial charge is 0.152 e. The van der Waals surface area contributed by atoms with Gasteiger partial charge in [-0.15, -0.1) is 0 Å². The summed E-state index contributed by atoms with van der Waals surface area (Å²) >= 11 is 0. The molecular weight excluding hydrogens is 356 g/mol. The lowest BCUT2D eigenvalue weighted by molar-refractivity contribution is 0.596. The van der Waals surface area contributed by atoms with Crippen molar-refractivity contribution in [2.75, 3.05) is 0 Å². The van der Waals surface area contributed by atoms with E-state index in [0.717, 1.165) is 33.6 Å². The van der Waals surface area contributed by atoms with Gasteiger partial charge in [0, 0.05) is 23.4 Å². The molecule has 3 heterocycles. The molecule has 0 N–H and O–H groups in total. The third kappa shape index (κ3) is 3.19. The van der Waals surface area contributed by atoms with E-state index in [4.69, 9.17) is 9.40 Å². The number of benzene rings is 2. The summed E-state index contributed by atoms with van der Waals surface area (Å²) in [5.41, 5.74) is 7.07. The second-order valence-electron chi connectivity index (χ2n) is 8.43. The molecule has 29 heavy (non-hydrogen) atoms. The van der Waals surface area contributed by atoms with Gasteiger partial charge in [0.1, 0.15) is 5.52 Å². The summed E-state index contributed by atoms with van der Waals surface area (Å²) in [7, 11) is 0. The van der Waals surface area contributed by atoms with Crippen LogP contribution in [-0.4, -0.2) is 9.97 Å². The van der Waals surface area contributed by atoms with E-state index < -0.39 is 0 Å². The van der Waals surface area contributed by atoms with Gasteiger partial charge < -0.3 is 4.42 Å². The summed E-state index contributed by atoms with van der Waals surface area (Å²) in [6.07, 6.45) is 3.53. The van der Waals surface area contributed by atoms with Gasteiger partial charge >= 0.3 is 0 Å². The van der Waals surface area contributed by atoms with Crippen molar-refractivity contribution >= 4 is 21.9 Å². The van der Waals surface area contributed by atoms with Gasteiger partial charge in [-0.25, -0.2) is 4.98 Å². The third-order valence-corrected chi connectivity index (χ3v) is 5.33. The standard InChI is InChI=1S/C26H22N2O/c1-26(2,3)21-15-19(14-17-6-4-5-7-20(17)21)24-16-18(10-12-27-24)22-8-9-25-23(28-22)11-13-29-25/h4-16H,1-3H3. The van der Waals surface area contributed by atoms with Gasteiger partial charge in [0.25, 0.3) is 0 Å². The number of furan rings is 1. The first-order chi connectivity index (χ1) is 14.0. The number of rotatable bonds is 2. The van der Waals surface area contributed by atoms with Gasteiger partial charge in [-0.05, 0) is 58.1 Å². The molecule has 0 atom stereocenters. The Labute approximate surface area is 170 Å². The van der Waals surface area contributed by atoms with Crippen LogP contribution in [0.5, 0.6) is 0 Å². The molecule has 0 unspecified atom stereocenters. The molecule has 0 aliphatic carbocycles. The van der Waals surface area contributed by atoms with E-state index in [0.29, 0.717) is 0 Å². The maximum absolute atomic E-state index is 5.41. The Hall–Kier alpha value is -3.46. The van der Waals surface area contributed by atoms with Crippen LogP contribution < -0.4 is 0 Å². The first-order valence-corrected chi connectivity index (χ1v) is 9.83. The van der Waals surface area contributed by atoms with Crippen molar-refractivity contribution in [2.24, 2.45) is 0 Å². The minimum atomic E-state index is 0.0428. The minimum Gasteiger partial charge on any atom is -0.463 e. The molecule has 5 aromatic rings. The van der Waals surface area contributed by atoms with Crippen molar-refractivity contribution < 1.29 is 4.42 Å². The van der Waals surface area contributed by atoms with Crippen LogP contribution >= 0.6 is 0 Å². The Bertz CT molecular complexity index is 1340. The van der Waals surface area contributed by atoms with Crippen molar-refractivity contribution in [3.63, 3.8) is 0 Å². The molecule has 3 nitrogen and oxygen atoms in total. The van der Waals surface area contributed by atoms with Crippen molar-refractivity contribution in [2.45, 2.75) is 26.2 Å². The average molecular weight is 378 g/mol. The zero-order chi connectivity index (χ0) is 20.0. The molecule has 0 bridgehead atoms. The van der Waals surface area contributed by atoms with Gasteiger partial charge in [-0.1, -0.05) is 45.0 Å². The number of pyridine rings is 2. The predicted octanol–water partition coefficient (Wildman–Crippen LogP) is 7.01. The van der Waals surface area contributed by atoms with Crippen LogP contribution in [0.15, 0.2) is 83.6 Å². The fourth-order valence-corrected chi connectivity index (χ4v) is 3.84. The lowest BCUT2D eigenvalue weighted by Crippen LogP contribution is -2.12. The van der Waals surface area contributed by atoms with Crippen LogP contribution in [-0.2, 0) is 5.41 Å². The Morgan fingerprint density at radius 3 is 2.52 bits per heavy atom. The normalized spacial score (nSPS) is 12.0. The highest BCUT2D eigenvalue weighted by atomic mass is 16.3. The SMILES string of the molecule is CC(C)(C)c1cc(-c2cc(-c3ccc4occc4n3)ccn2)cc2ccccc12. The van der Waals surface area contributed by atoms with Gasteiger partial charge in [0.15, 0.2) is 5.58 Å². The second kappa shape index (κ2) is 6.56. The van der Waals surface area contributed by atoms with Gasteiger partial charge in [-0.3, -0.25) is 4.98 Å². The summed E-state index contributed by atoms with van der Waals surface area (Å²) in [6.45, 7) is 6.77. The summed E-state index contributed by atoms with van der Waals surface area (Å²) in [5.74, 6) is 0. The molecule has 0 amide bonds. The zero-order valence-corrected chi connectivity index (χ0v) is 16.8. The van der Waals surface area contributed by atoms with Crippen LogP contribution in [0.3, 0.4) is 0 Å². The maximum Gasteiger partial charge on any atom is 0.152 e. The fourth-order valence-electron chi connectivity index (χ4n) is 3.84. The van der Waals surface area contributed by atoms with Crippen LogP contribution in [0.25, 0.3) is 44.4 Å². The topological polar surface area (TPSA) is 38.9 Å². The lowest BCUT2D eigenvalue weighted by atomic mass is 9.82. The maximum atomic E-state index is 5.41. The van der Waals surface area contributed by atoms with Crippen LogP contribution in [0, 0.1) is 0 Å². The highest BCUT2D eigenvalue weighted by Crippen LogP contribution is 2.35. The number of hydrogen-bond donors (Lipinski definition) is 0. The Balaban J connectivity index is 1.66. The number of nitrogens with zero attached hydrogens (tertiary/aromatic N) is 2. The first kappa shape index (κ1) is 17.6. The molecule has 0 radical (unpaired) electrons. The summed E-state index contributed by atoms with van der Waals surface area (Å²) in [5, 5.41) is 2.53. The Morgan fingerprint density at radius 2 is 1.66 bits per heavy atom. The summed E-state index contributed by atoms with van der Waals surface area (Å²) in [6, 6.07) is 23.0. The van der Waals surface area contributed by atoms with Crippen LogP contribution in [0.1, 0.15) is 26.3 Å². The summed E-state index contributed by atoms with van der Waals surface area (Å²) < 4.78 is 5.41. The molecule has 0 saturated heterocycles. The van der Waals surface area contributed by atoms with Crippen molar-refractivity contribution in [1.29, 1.82) is 0 Å². The predicted molar refractivity (Wildman–Crippen MR) is 119 cm³/mol. The van der Waals surface area contributed by atoms with E-state index >= 15 is 0 Å². The number of fused-ring (bicyclic) bond motifs is 2. The monoisotopic (exact) mass is 378 g/mol. The van der Waals surface area contributed by atoms with Gasteiger partial charge in [0.05, 0.1) is 17.7 Å². The molecule has 0 fully saturated rings. The van der Waals surface area contributed by atoms with E-state index in [1.54, 1.807) is 6.26 Å². The van der Waals surface area contributed by atoms with Crippen molar-refractivity contribution in [1.82, 2.24) is 9.97 Å². The molecule has 3 heteroatoms. The molecule has 5 rings (SSSR count). The van der Waals surface area contributed by atoms with Crippen molar-refractivity contribution in [3.05, 3.63) is 84.8 Å². The Kier molecular flexibility index (Phi) is 3.99.